The highest BCUT2D eigenvalue weighted by atomic mass is 16.5. The number of rotatable bonds is 3. The highest BCUT2D eigenvalue weighted by Crippen LogP contribution is 2.30. The highest BCUT2D eigenvalue weighted by Gasteiger charge is 2.22. The van der Waals surface area contributed by atoms with Crippen molar-refractivity contribution in [3.8, 4) is 5.75 Å². The lowest BCUT2D eigenvalue weighted by atomic mass is 10.0. The lowest BCUT2D eigenvalue weighted by Gasteiger charge is -2.27. The number of aryl methyl sites for hydroxylation is 2. The number of carbonyl (C=O) groups excluding carboxylic acids is 1. The van der Waals surface area contributed by atoms with Crippen LogP contribution in [0.25, 0.3) is 11.0 Å². The molecule has 24 heavy (non-hydrogen) atoms. The second-order valence-electron chi connectivity index (χ2n) is 6.00. The van der Waals surface area contributed by atoms with Crippen molar-refractivity contribution in [3.63, 3.8) is 0 Å². The number of carbonyl (C=O) groups is 1. The summed E-state index contributed by atoms with van der Waals surface area (Å²) < 4.78 is 16.1. The van der Waals surface area contributed by atoms with E-state index in [0.717, 1.165) is 16.5 Å². The second-order valence-corrected chi connectivity index (χ2v) is 6.00. The standard InChI is InChI=1S/C18H21NO5/c1-11-8-14(22-3)17-12(2)13(18(21)24-15(17)9-11)10-16(20)19-4-6-23-7-5-19/h8-9H,4-7,10H2,1-3H3. The Labute approximate surface area is 140 Å². The van der Waals surface area contributed by atoms with E-state index in [1.165, 1.54) is 0 Å². The summed E-state index contributed by atoms with van der Waals surface area (Å²) in [4.78, 5) is 26.6. The predicted molar refractivity (Wildman–Crippen MR) is 89.6 cm³/mol. The van der Waals surface area contributed by atoms with E-state index in [1.54, 1.807) is 18.1 Å². The van der Waals surface area contributed by atoms with Crippen molar-refractivity contribution >= 4 is 16.9 Å². The molecular weight excluding hydrogens is 310 g/mol. The Morgan fingerprint density at radius 2 is 1.96 bits per heavy atom. The Morgan fingerprint density at radius 1 is 1.25 bits per heavy atom. The van der Waals surface area contributed by atoms with Crippen molar-refractivity contribution in [3.05, 3.63) is 39.2 Å². The third kappa shape index (κ3) is 3.01. The van der Waals surface area contributed by atoms with Gasteiger partial charge in [0.25, 0.3) is 0 Å². The van der Waals surface area contributed by atoms with Crippen molar-refractivity contribution in [1.29, 1.82) is 0 Å². The molecule has 2 heterocycles. The summed E-state index contributed by atoms with van der Waals surface area (Å²) in [6.07, 6.45) is 0.0289. The summed E-state index contributed by atoms with van der Waals surface area (Å²) in [5.41, 5.74) is 2.09. The van der Waals surface area contributed by atoms with E-state index in [-0.39, 0.29) is 12.3 Å². The molecule has 1 amide bonds. The molecule has 1 aliphatic heterocycles. The summed E-state index contributed by atoms with van der Waals surface area (Å²) >= 11 is 0. The van der Waals surface area contributed by atoms with Crippen molar-refractivity contribution in [2.24, 2.45) is 0 Å². The average molecular weight is 331 g/mol. The summed E-state index contributed by atoms with van der Waals surface area (Å²) in [5.74, 6) is 0.561. The van der Waals surface area contributed by atoms with Crippen molar-refractivity contribution in [2.45, 2.75) is 20.3 Å². The Morgan fingerprint density at radius 3 is 2.62 bits per heavy atom. The smallest absolute Gasteiger partial charge is 0.340 e. The van der Waals surface area contributed by atoms with Crippen molar-refractivity contribution in [2.75, 3.05) is 33.4 Å². The molecule has 1 aromatic heterocycles. The van der Waals surface area contributed by atoms with Crippen LogP contribution in [-0.4, -0.2) is 44.2 Å². The zero-order valence-corrected chi connectivity index (χ0v) is 14.2. The highest BCUT2D eigenvalue weighted by molar-refractivity contribution is 5.89. The first-order valence-electron chi connectivity index (χ1n) is 7.97. The largest absolute Gasteiger partial charge is 0.496 e. The first-order valence-corrected chi connectivity index (χ1v) is 7.97. The molecule has 3 rings (SSSR count). The Balaban J connectivity index is 2.03. The molecule has 1 aromatic carbocycles. The van der Waals surface area contributed by atoms with Gasteiger partial charge in [-0.1, -0.05) is 0 Å². The Bertz CT molecular complexity index is 833. The molecule has 128 valence electrons. The van der Waals surface area contributed by atoms with Gasteiger partial charge < -0.3 is 18.8 Å². The van der Waals surface area contributed by atoms with Crippen LogP contribution in [0.15, 0.2) is 21.3 Å². The van der Waals surface area contributed by atoms with E-state index >= 15 is 0 Å². The van der Waals surface area contributed by atoms with Gasteiger partial charge in [0.1, 0.15) is 11.3 Å². The van der Waals surface area contributed by atoms with Gasteiger partial charge in [-0.3, -0.25) is 4.79 Å². The van der Waals surface area contributed by atoms with E-state index < -0.39 is 5.63 Å². The SMILES string of the molecule is COc1cc(C)cc2oc(=O)c(CC(=O)N3CCOCC3)c(C)c12. The number of morpholine rings is 1. The van der Waals surface area contributed by atoms with Crippen LogP contribution in [0.2, 0.25) is 0 Å². The number of hydrogen-bond acceptors (Lipinski definition) is 5. The zero-order chi connectivity index (χ0) is 17.3. The van der Waals surface area contributed by atoms with Crippen LogP contribution < -0.4 is 10.4 Å². The maximum atomic E-state index is 12.5. The quantitative estimate of drug-likeness (QED) is 0.803. The average Bonchev–Trinajstić information content (AvgIpc) is 2.58. The van der Waals surface area contributed by atoms with Crippen LogP contribution in [0.4, 0.5) is 0 Å². The first kappa shape index (κ1) is 16.5. The Hall–Kier alpha value is -2.34. The molecule has 0 aliphatic carbocycles. The normalized spacial score (nSPS) is 14.9. The van der Waals surface area contributed by atoms with E-state index in [4.69, 9.17) is 13.9 Å². The summed E-state index contributed by atoms with van der Waals surface area (Å²) in [6, 6.07) is 3.70. The van der Waals surface area contributed by atoms with Crippen LogP contribution in [0.5, 0.6) is 5.75 Å². The number of nitrogens with zero attached hydrogens (tertiary/aromatic N) is 1. The number of benzene rings is 1. The number of methoxy groups -OCH3 is 1. The molecule has 2 aromatic rings. The van der Waals surface area contributed by atoms with Crippen LogP contribution in [0, 0.1) is 13.8 Å². The molecule has 0 unspecified atom stereocenters. The molecule has 1 aliphatic rings. The van der Waals surface area contributed by atoms with Gasteiger partial charge in [0.2, 0.25) is 5.91 Å². The first-order chi connectivity index (χ1) is 11.5. The second kappa shape index (κ2) is 6.65. The summed E-state index contributed by atoms with van der Waals surface area (Å²) in [7, 11) is 1.58. The van der Waals surface area contributed by atoms with Crippen LogP contribution in [0.3, 0.4) is 0 Å². The van der Waals surface area contributed by atoms with Crippen LogP contribution in [0.1, 0.15) is 16.7 Å². The minimum atomic E-state index is -0.464. The van der Waals surface area contributed by atoms with Gasteiger partial charge in [-0.15, -0.1) is 0 Å². The third-order valence-electron chi connectivity index (χ3n) is 4.40. The molecule has 0 atom stereocenters. The van der Waals surface area contributed by atoms with Crippen LogP contribution in [-0.2, 0) is 16.0 Å². The Kier molecular flexibility index (Phi) is 4.57. The lowest BCUT2D eigenvalue weighted by Crippen LogP contribution is -2.42. The van der Waals surface area contributed by atoms with Gasteiger partial charge >= 0.3 is 5.63 Å². The molecular formula is C18H21NO5. The minimum Gasteiger partial charge on any atom is -0.496 e. The molecule has 0 N–H and O–H groups in total. The van der Waals surface area contributed by atoms with Crippen molar-refractivity contribution in [1.82, 2.24) is 4.90 Å². The fourth-order valence-electron chi connectivity index (χ4n) is 3.08. The number of amides is 1. The molecule has 0 spiro atoms. The molecule has 6 heteroatoms. The fourth-order valence-corrected chi connectivity index (χ4v) is 3.08. The van der Waals surface area contributed by atoms with Crippen molar-refractivity contribution < 1.29 is 18.7 Å². The fraction of sp³-hybridized carbons (Fsp3) is 0.444. The monoisotopic (exact) mass is 331 g/mol. The van der Waals surface area contributed by atoms with Gasteiger partial charge in [0, 0.05) is 13.1 Å². The summed E-state index contributed by atoms with van der Waals surface area (Å²) in [6.45, 7) is 5.92. The van der Waals surface area contributed by atoms with Gasteiger partial charge in [0.15, 0.2) is 0 Å². The molecule has 0 bridgehead atoms. The van der Waals surface area contributed by atoms with Gasteiger partial charge in [-0.05, 0) is 37.1 Å². The lowest BCUT2D eigenvalue weighted by molar-refractivity contribution is -0.134. The molecule has 0 radical (unpaired) electrons. The number of ether oxygens (including phenoxy) is 2. The van der Waals surface area contributed by atoms with E-state index in [2.05, 4.69) is 0 Å². The van der Waals surface area contributed by atoms with Gasteiger partial charge in [0.05, 0.1) is 37.7 Å². The molecule has 1 saturated heterocycles. The van der Waals surface area contributed by atoms with Crippen LogP contribution >= 0.6 is 0 Å². The molecule has 1 fully saturated rings. The predicted octanol–water partition coefficient (Wildman–Crippen LogP) is 1.82. The zero-order valence-electron chi connectivity index (χ0n) is 14.2. The third-order valence-corrected chi connectivity index (χ3v) is 4.40. The molecule has 0 saturated carbocycles. The van der Waals surface area contributed by atoms with Gasteiger partial charge in [-0.25, -0.2) is 4.79 Å². The topological polar surface area (TPSA) is 69.0 Å². The number of hydrogen-bond donors (Lipinski definition) is 0. The summed E-state index contributed by atoms with van der Waals surface area (Å²) in [5, 5.41) is 0.743. The van der Waals surface area contributed by atoms with Gasteiger partial charge in [-0.2, -0.15) is 0 Å². The van der Waals surface area contributed by atoms with E-state index in [0.29, 0.717) is 43.2 Å². The maximum Gasteiger partial charge on any atom is 0.340 e. The number of fused-ring (bicyclic) bond motifs is 1. The maximum absolute atomic E-state index is 12.5. The molecule has 6 nitrogen and oxygen atoms in total. The minimum absolute atomic E-state index is 0.0289. The van der Waals surface area contributed by atoms with E-state index in [1.807, 2.05) is 19.9 Å². The van der Waals surface area contributed by atoms with E-state index in [9.17, 15) is 9.59 Å².